The van der Waals surface area contributed by atoms with Crippen molar-refractivity contribution in [3.63, 3.8) is 0 Å². The maximum absolute atomic E-state index is 12.9. The Hall–Kier alpha value is -1.09. The molecule has 0 radical (unpaired) electrons. The summed E-state index contributed by atoms with van der Waals surface area (Å²) in [6.45, 7) is 16.7. The maximum atomic E-state index is 12.9. The Labute approximate surface area is 234 Å². The fourth-order valence-electron chi connectivity index (χ4n) is 9.77. The fourth-order valence-corrected chi connectivity index (χ4v) is 9.77. The normalized spacial score (nSPS) is 40.3. The van der Waals surface area contributed by atoms with Gasteiger partial charge in [-0.15, -0.1) is 0 Å². The number of aliphatic hydroxyl groups is 1. The summed E-state index contributed by atoms with van der Waals surface area (Å²) in [4.78, 5) is 12.9. The Morgan fingerprint density at radius 1 is 1.11 bits per heavy atom. The molecule has 0 saturated heterocycles. The Morgan fingerprint density at radius 2 is 1.87 bits per heavy atom. The fraction of sp³-hybridized carbons (Fsp3) is 0.857. The highest BCUT2D eigenvalue weighted by atomic mass is 16.5. The summed E-state index contributed by atoms with van der Waals surface area (Å²) in [6, 6.07) is 0. The average molecular weight is 527 g/mol. The van der Waals surface area contributed by atoms with Crippen LogP contribution in [0.4, 0.5) is 0 Å². The van der Waals surface area contributed by atoms with Crippen LogP contribution in [-0.4, -0.2) is 23.3 Å². The molecule has 38 heavy (non-hydrogen) atoms. The maximum Gasteiger partial charge on any atom is 0.306 e. The van der Waals surface area contributed by atoms with Crippen molar-refractivity contribution in [3.05, 3.63) is 23.8 Å². The molecule has 0 bridgehead atoms. The molecule has 3 fully saturated rings. The first-order chi connectivity index (χ1) is 18.1. The number of allylic oxidation sites excluding steroid dienone is 3. The molecule has 1 N–H and O–H groups in total. The topological polar surface area (TPSA) is 46.5 Å². The van der Waals surface area contributed by atoms with Crippen LogP contribution in [0.3, 0.4) is 0 Å². The molecular weight excluding hydrogens is 468 g/mol. The van der Waals surface area contributed by atoms with Crippen molar-refractivity contribution < 1.29 is 14.6 Å². The third-order valence-electron chi connectivity index (χ3n) is 12.1. The zero-order valence-corrected chi connectivity index (χ0v) is 25.7. The second kappa shape index (κ2) is 12.2. The summed E-state index contributed by atoms with van der Waals surface area (Å²) in [5.74, 6) is 4.68. The lowest BCUT2D eigenvalue weighted by molar-refractivity contribution is -0.169. The van der Waals surface area contributed by atoms with E-state index < -0.39 is 6.10 Å². The van der Waals surface area contributed by atoms with Gasteiger partial charge in [0.25, 0.3) is 0 Å². The van der Waals surface area contributed by atoms with Crippen molar-refractivity contribution in [3.8, 4) is 0 Å². The van der Waals surface area contributed by atoms with E-state index in [0.29, 0.717) is 47.8 Å². The number of fused-ring (bicyclic) bond motifs is 5. The molecule has 3 nitrogen and oxygen atoms in total. The van der Waals surface area contributed by atoms with Gasteiger partial charge in [0.1, 0.15) is 6.10 Å². The third-order valence-corrected chi connectivity index (χ3v) is 12.1. The molecule has 4 rings (SSSR count). The minimum Gasteiger partial charge on any atom is -0.461 e. The van der Waals surface area contributed by atoms with Gasteiger partial charge in [0.15, 0.2) is 0 Å². The van der Waals surface area contributed by atoms with Crippen LogP contribution in [0.25, 0.3) is 0 Å². The third kappa shape index (κ3) is 5.57. The Bertz CT molecular complexity index is 872. The molecule has 1 unspecified atom stereocenters. The summed E-state index contributed by atoms with van der Waals surface area (Å²) >= 11 is 0. The first-order valence-electron chi connectivity index (χ1n) is 16.3. The minimum absolute atomic E-state index is 0.0609. The Balaban J connectivity index is 1.53. The van der Waals surface area contributed by atoms with Gasteiger partial charge in [0.05, 0.1) is 6.10 Å². The van der Waals surface area contributed by atoms with Crippen molar-refractivity contribution in [1.29, 1.82) is 0 Å². The van der Waals surface area contributed by atoms with Crippen LogP contribution < -0.4 is 0 Å². The van der Waals surface area contributed by atoms with Crippen molar-refractivity contribution in [2.75, 3.05) is 0 Å². The van der Waals surface area contributed by atoms with Gasteiger partial charge in [-0.05, 0) is 98.2 Å². The number of aliphatic hydroxyl groups excluding tert-OH is 1. The first kappa shape index (κ1) is 29.9. The lowest BCUT2D eigenvalue weighted by Gasteiger charge is -2.60. The van der Waals surface area contributed by atoms with Gasteiger partial charge in [-0.2, -0.15) is 0 Å². The van der Waals surface area contributed by atoms with Crippen LogP contribution >= 0.6 is 0 Å². The van der Waals surface area contributed by atoms with Gasteiger partial charge in [-0.25, -0.2) is 0 Å². The molecule has 0 amide bonds. The molecule has 0 heterocycles. The van der Waals surface area contributed by atoms with E-state index >= 15 is 0 Å². The predicted molar refractivity (Wildman–Crippen MR) is 158 cm³/mol. The zero-order valence-electron chi connectivity index (χ0n) is 25.7. The molecule has 0 aromatic carbocycles. The zero-order chi connectivity index (χ0) is 27.7. The number of hydrogen-bond donors (Lipinski definition) is 1. The van der Waals surface area contributed by atoms with Crippen LogP contribution in [0.1, 0.15) is 126 Å². The van der Waals surface area contributed by atoms with E-state index in [9.17, 15) is 9.90 Å². The largest absolute Gasteiger partial charge is 0.461 e. The molecule has 0 aliphatic heterocycles. The monoisotopic (exact) mass is 526 g/mol. The molecule has 0 aromatic heterocycles. The number of esters is 1. The quantitative estimate of drug-likeness (QED) is 0.176. The van der Waals surface area contributed by atoms with E-state index in [4.69, 9.17) is 4.74 Å². The lowest BCUT2D eigenvalue weighted by atomic mass is 9.46. The molecule has 0 aromatic rings. The predicted octanol–water partition coefficient (Wildman–Crippen LogP) is 8.90. The van der Waals surface area contributed by atoms with Gasteiger partial charge >= 0.3 is 5.97 Å². The van der Waals surface area contributed by atoms with Crippen LogP contribution in [0.2, 0.25) is 0 Å². The molecular formula is C35H58O3. The van der Waals surface area contributed by atoms with E-state index in [2.05, 4.69) is 66.7 Å². The minimum atomic E-state index is -0.394. The van der Waals surface area contributed by atoms with Gasteiger partial charge in [-0.1, -0.05) is 85.1 Å². The van der Waals surface area contributed by atoms with Gasteiger partial charge in [0.2, 0.25) is 0 Å². The Morgan fingerprint density at radius 3 is 2.55 bits per heavy atom. The number of hydrogen-bond acceptors (Lipinski definition) is 3. The second-order valence-electron chi connectivity index (χ2n) is 14.4. The van der Waals surface area contributed by atoms with Crippen molar-refractivity contribution in [1.82, 2.24) is 0 Å². The summed E-state index contributed by atoms with van der Waals surface area (Å²) in [5, 5.41) is 10.7. The molecule has 0 spiro atoms. The first-order valence-corrected chi connectivity index (χ1v) is 16.3. The van der Waals surface area contributed by atoms with E-state index in [-0.39, 0.29) is 17.5 Å². The number of carbonyl (C=O) groups excluding carboxylic acids is 1. The molecule has 4 aliphatic rings. The number of carbonyl (C=O) groups is 1. The number of ether oxygens (including phenoxy) is 1. The molecule has 4 aliphatic carbocycles. The highest BCUT2D eigenvalue weighted by Crippen LogP contribution is 2.67. The van der Waals surface area contributed by atoms with Gasteiger partial charge in [0, 0.05) is 18.3 Å². The van der Waals surface area contributed by atoms with Gasteiger partial charge < -0.3 is 9.84 Å². The van der Waals surface area contributed by atoms with E-state index in [1.54, 1.807) is 0 Å². The van der Waals surface area contributed by atoms with E-state index in [0.717, 1.165) is 43.9 Å². The smallest absolute Gasteiger partial charge is 0.306 e. The summed E-state index contributed by atoms with van der Waals surface area (Å²) in [7, 11) is 0. The van der Waals surface area contributed by atoms with Crippen LogP contribution in [0.15, 0.2) is 23.8 Å². The highest BCUT2D eigenvalue weighted by Gasteiger charge is 2.61. The second-order valence-corrected chi connectivity index (χ2v) is 14.4. The highest BCUT2D eigenvalue weighted by molar-refractivity contribution is 5.69. The molecule has 216 valence electrons. The lowest BCUT2D eigenvalue weighted by Crippen LogP contribution is -2.56. The SMILES string of the molecule is CCCCCC(=O)OC1C[C@@H](O)CC2=CC[C@H]3[C@@H]4CC[C@H]([C@H](C)/C=C/[C@H](CC)C(C)C)[C@@]4(C)CC[C@@H]3[C@]21C. The molecule has 3 heteroatoms. The van der Waals surface area contributed by atoms with Crippen LogP contribution in [-0.2, 0) is 9.53 Å². The summed E-state index contributed by atoms with van der Waals surface area (Å²) in [5.41, 5.74) is 1.64. The number of rotatable bonds is 10. The van der Waals surface area contributed by atoms with Crippen molar-refractivity contribution in [2.24, 2.45) is 52.3 Å². The standard InChI is InChI=1S/C35H58O3/c1-8-10-11-12-33(37)38-32-22-27(36)21-26-15-16-28-30-18-17-29(24(5)13-14-25(9-2)23(3)4)34(30,6)20-19-31(28)35(26,32)7/h13-15,23-25,27-32,36H,8-12,16-22H2,1-7H3/b14-13+/t24-,25+,27+,28+,29-,30+,31+,32?,34-,35+/m1/s1. The van der Waals surface area contributed by atoms with E-state index in [1.165, 1.54) is 37.7 Å². The Kier molecular flexibility index (Phi) is 9.59. The number of unbranched alkanes of at least 4 members (excludes halogenated alkanes) is 2. The molecule has 3 saturated carbocycles. The van der Waals surface area contributed by atoms with Gasteiger partial charge in [-0.3, -0.25) is 4.79 Å². The van der Waals surface area contributed by atoms with Crippen LogP contribution in [0, 0.1) is 52.3 Å². The summed E-state index contributed by atoms with van der Waals surface area (Å²) in [6.07, 6.45) is 19.5. The summed E-state index contributed by atoms with van der Waals surface area (Å²) < 4.78 is 6.26. The van der Waals surface area contributed by atoms with Crippen molar-refractivity contribution in [2.45, 2.75) is 138 Å². The average Bonchev–Trinajstić information content (AvgIpc) is 3.22. The molecule has 10 atom stereocenters. The van der Waals surface area contributed by atoms with E-state index in [1.807, 2.05) is 0 Å². The van der Waals surface area contributed by atoms with Crippen LogP contribution in [0.5, 0.6) is 0 Å². The van der Waals surface area contributed by atoms with Crippen molar-refractivity contribution >= 4 is 5.97 Å².